The van der Waals surface area contributed by atoms with Gasteiger partial charge in [-0.15, -0.1) is 0 Å². The number of hydrogen-bond acceptors (Lipinski definition) is 2. The van der Waals surface area contributed by atoms with Crippen LogP contribution in [0.5, 0.6) is 0 Å². The fourth-order valence-electron chi connectivity index (χ4n) is 3.77. The summed E-state index contributed by atoms with van der Waals surface area (Å²) < 4.78 is 0. The van der Waals surface area contributed by atoms with Gasteiger partial charge in [-0.3, -0.25) is 5.32 Å². The molecular formula is C15H26N2. The third kappa shape index (κ3) is 3.60. The second-order valence-electron chi connectivity index (χ2n) is 7.17. The van der Waals surface area contributed by atoms with E-state index in [1.54, 1.807) is 0 Å². The highest BCUT2D eigenvalue weighted by Gasteiger charge is 2.38. The second-order valence-corrected chi connectivity index (χ2v) is 7.17. The molecule has 0 radical (unpaired) electrons. The summed E-state index contributed by atoms with van der Waals surface area (Å²) in [5.74, 6) is 0. The Kier molecular flexibility index (Phi) is 3.35. The lowest BCUT2D eigenvalue weighted by atomic mass is 9.63. The zero-order valence-electron chi connectivity index (χ0n) is 11.6. The average Bonchev–Trinajstić information content (AvgIpc) is 2.13. The Balaban J connectivity index is 1.96. The maximum absolute atomic E-state index is 3.72. The van der Waals surface area contributed by atoms with Crippen molar-refractivity contribution in [1.29, 1.82) is 0 Å². The summed E-state index contributed by atoms with van der Waals surface area (Å²) >= 11 is 0. The topological polar surface area (TPSA) is 24.1 Å². The number of nitrogens with one attached hydrogen (secondary N) is 2. The van der Waals surface area contributed by atoms with Crippen LogP contribution in [0.4, 0.5) is 0 Å². The highest BCUT2D eigenvalue weighted by molar-refractivity contribution is 5.12. The zero-order valence-corrected chi connectivity index (χ0v) is 11.6. The first-order valence-corrected chi connectivity index (χ1v) is 6.72. The zero-order chi connectivity index (χ0) is 12.5. The number of dihydropyridines is 1. The van der Waals surface area contributed by atoms with E-state index in [2.05, 4.69) is 50.5 Å². The number of allylic oxidation sites excluding steroid dienone is 2. The average molecular weight is 234 g/mol. The van der Waals surface area contributed by atoms with Gasteiger partial charge in [-0.1, -0.05) is 33.8 Å². The van der Waals surface area contributed by atoms with E-state index in [0.717, 1.165) is 0 Å². The van der Waals surface area contributed by atoms with Crippen LogP contribution in [0.1, 0.15) is 47.0 Å². The van der Waals surface area contributed by atoms with E-state index in [-0.39, 0.29) is 0 Å². The molecule has 2 nitrogen and oxygen atoms in total. The number of hydrogen-bond donors (Lipinski definition) is 2. The summed E-state index contributed by atoms with van der Waals surface area (Å²) in [7, 11) is 0. The van der Waals surface area contributed by atoms with Crippen molar-refractivity contribution in [2.45, 2.75) is 59.2 Å². The second kappa shape index (κ2) is 4.49. The minimum atomic E-state index is 0.301. The molecule has 0 amide bonds. The maximum Gasteiger partial charge on any atom is 0.0961 e. The van der Waals surface area contributed by atoms with Crippen LogP contribution in [0.3, 0.4) is 0 Å². The summed E-state index contributed by atoms with van der Waals surface area (Å²) in [5, 5.41) is 7.06. The molecular weight excluding hydrogens is 208 g/mol. The van der Waals surface area contributed by atoms with Crippen LogP contribution >= 0.6 is 0 Å². The van der Waals surface area contributed by atoms with Gasteiger partial charge in [0.2, 0.25) is 0 Å². The molecule has 0 saturated heterocycles. The van der Waals surface area contributed by atoms with Crippen molar-refractivity contribution in [3.05, 3.63) is 24.4 Å². The molecule has 0 aromatic heterocycles. The van der Waals surface area contributed by atoms with Crippen molar-refractivity contribution in [1.82, 2.24) is 10.6 Å². The van der Waals surface area contributed by atoms with Gasteiger partial charge < -0.3 is 5.32 Å². The molecule has 1 aliphatic heterocycles. The van der Waals surface area contributed by atoms with Gasteiger partial charge >= 0.3 is 0 Å². The van der Waals surface area contributed by atoms with Gasteiger partial charge in [-0.2, -0.15) is 0 Å². The smallest absolute Gasteiger partial charge is 0.0961 e. The van der Waals surface area contributed by atoms with Gasteiger partial charge in [0, 0.05) is 6.04 Å². The maximum atomic E-state index is 3.72. The molecule has 17 heavy (non-hydrogen) atoms. The molecule has 2 heteroatoms. The van der Waals surface area contributed by atoms with Gasteiger partial charge in [0.1, 0.15) is 0 Å². The van der Waals surface area contributed by atoms with Crippen molar-refractivity contribution in [2.75, 3.05) is 0 Å². The van der Waals surface area contributed by atoms with E-state index in [1.165, 1.54) is 19.3 Å². The van der Waals surface area contributed by atoms with Crippen LogP contribution in [0.25, 0.3) is 0 Å². The van der Waals surface area contributed by atoms with Crippen LogP contribution < -0.4 is 10.6 Å². The molecule has 1 fully saturated rings. The van der Waals surface area contributed by atoms with Crippen LogP contribution in [0.15, 0.2) is 24.4 Å². The van der Waals surface area contributed by atoms with E-state index < -0.39 is 0 Å². The lowest BCUT2D eigenvalue weighted by Gasteiger charge is -2.46. The molecule has 1 aliphatic carbocycles. The molecule has 96 valence electrons. The van der Waals surface area contributed by atoms with Gasteiger partial charge in [0.25, 0.3) is 0 Å². The standard InChI is InChI=1S/C15H26N2/c1-14(2)9-12(10-15(3,4)11-14)17-13-7-5-6-8-16-13/h5-8,12-13,16-17H,9-11H2,1-4H3. The third-order valence-electron chi connectivity index (χ3n) is 3.76. The molecule has 0 bridgehead atoms. The third-order valence-corrected chi connectivity index (χ3v) is 3.76. The van der Waals surface area contributed by atoms with Crippen LogP contribution in [0.2, 0.25) is 0 Å². The van der Waals surface area contributed by atoms with Crippen molar-refractivity contribution >= 4 is 0 Å². The minimum absolute atomic E-state index is 0.301. The Bertz CT molecular complexity index is 310. The monoisotopic (exact) mass is 234 g/mol. The summed E-state index contributed by atoms with van der Waals surface area (Å²) in [5.41, 5.74) is 0.904. The fraction of sp³-hybridized carbons (Fsp3) is 0.733. The molecule has 2 rings (SSSR count). The van der Waals surface area contributed by atoms with Crippen LogP contribution in [-0.4, -0.2) is 12.2 Å². The fourth-order valence-corrected chi connectivity index (χ4v) is 3.77. The Morgan fingerprint density at radius 3 is 2.24 bits per heavy atom. The van der Waals surface area contributed by atoms with E-state index in [4.69, 9.17) is 0 Å². The molecule has 1 saturated carbocycles. The first kappa shape index (κ1) is 12.7. The molecule has 0 aromatic rings. The van der Waals surface area contributed by atoms with E-state index >= 15 is 0 Å². The van der Waals surface area contributed by atoms with Gasteiger partial charge in [0.05, 0.1) is 6.17 Å². The normalized spacial score (nSPS) is 31.2. The molecule has 1 unspecified atom stereocenters. The highest BCUT2D eigenvalue weighted by atomic mass is 15.1. The van der Waals surface area contributed by atoms with Gasteiger partial charge in [-0.25, -0.2) is 0 Å². The van der Waals surface area contributed by atoms with Crippen LogP contribution in [-0.2, 0) is 0 Å². The van der Waals surface area contributed by atoms with E-state index in [1.807, 2.05) is 12.3 Å². The molecule has 1 heterocycles. The summed E-state index contributed by atoms with van der Waals surface area (Å²) in [6, 6.07) is 0.613. The van der Waals surface area contributed by atoms with Gasteiger partial charge in [0.15, 0.2) is 0 Å². The molecule has 2 aliphatic rings. The van der Waals surface area contributed by atoms with Crippen molar-refractivity contribution in [3.8, 4) is 0 Å². The van der Waals surface area contributed by atoms with Crippen molar-refractivity contribution < 1.29 is 0 Å². The summed E-state index contributed by atoms with van der Waals surface area (Å²) in [4.78, 5) is 0. The SMILES string of the molecule is CC1(C)CC(NC2C=CC=CN2)CC(C)(C)C1. The summed E-state index contributed by atoms with van der Waals surface area (Å²) in [6.07, 6.45) is 12.5. The van der Waals surface area contributed by atoms with Crippen molar-refractivity contribution in [3.63, 3.8) is 0 Å². The summed E-state index contributed by atoms with van der Waals surface area (Å²) in [6.45, 7) is 9.58. The molecule has 0 spiro atoms. The Morgan fingerprint density at radius 1 is 1.06 bits per heavy atom. The van der Waals surface area contributed by atoms with E-state index in [0.29, 0.717) is 23.0 Å². The Hall–Kier alpha value is -0.760. The first-order chi connectivity index (χ1) is 7.86. The molecule has 2 N–H and O–H groups in total. The predicted molar refractivity (Wildman–Crippen MR) is 73.5 cm³/mol. The Labute approximate surface area is 106 Å². The van der Waals surface area contributed by atoms with Crippen LogP contribution in [0, 0.1) is 10.8 Å². The minimum Gasteiger partial charge on any atom is -0.372 e. The highest BCUT2D eigenvalue weighted by Crippen LogP contribution is 2.45. The lowest BCUT2D eigenvalue weighted by Crippen LogP contribution is -2.50. The number of rotatable bonds is 2. The van der Waals surface area contributed by atoms with E-state index in [9.17, 15) is 0 Å². The molecule has 0 aromatic carbocycles. The predicted octanol–water partition coefficient (Wildman–Crippen LogP) is 3.18. The van der Waals surface area contributed by atoms with Crippen molar-refractivity contribution in [2.24, 2.45) is 10.8 Å². The Morgan fingerprint density at radius 2 is 1.71 bits per heavy atom. The quantitative estimate of drug-likeness (QED) is 0.767. The molecule has 1 atom stereocenters. The van der Waals surface area contributed by atoms with Gasteiger partial charge in [-0.05, 0) is 48.4 Å². The largest absolute Gasteiger partial charge is 0.372 e. The lowest BCUT2D eigenvalue weighted by molar-refractivity contribution is 0.0815. The first-order valence-electron chi connectivity index (χ1n) is 6.72.